The maximum atomic E-state index is 12.4. The molecule has 1 aromatic carbocycles. The number of amides is 3. The zero-order valence-corrected chi connectivity index (χ0v) is 12.0. The summed E-state index contributed by atoms with van der Waals surface area (Å²) in [5.74, 6) is 0.414. The molecule has 108 valence electrons. The first-order valence-electron chi connectivity index (χ1n) is 6.22. The summed E-state index contributed by atoms with van der Waals surface area (Å²) in [5.41, 5.74) is 0.540. The van der Waals surface area contributed by atoms with Gasteiger partial charge in [-0.15, -0.1) is 0 Å². The van der Waals surface area contributed by atoms with E-state index in [-0.39, 0.29) is 12.6 Å². The van der Waals surface area contributed by atoms with Crippen molar-refractivity contribution in [2.75, 3.05) is 21.0 Å². The third-order valence-corrected chi connectivity index (χ3v) is 3.51. The number of rotatable bonds is 4. The number of hydrogen-bond acceptors (Lipinski definition) is 4. The SMILES string of the molecule is COCN1C(=O)NC(C)(c2ccc(OC)c(C)c2)C1=O. The van der Waals surface area contributed by atoms with Gasteiger partial charge in [0.05, 0.1) is 7.11 Å². The zero-order chi connectivity index (χ0) is 14.9. The molecule has 6 nitrogen and oxygen atoms in total. The van der Waals surface area contributed by atoms with E-state index in [2.05, 4.69) is 5.32 Å². The van der Waals surface area contributed by atoms with E-state index in [0.717, 1.165) is 16.2 Å². The molecule has 0 aromatic heterocycles. The van der Waals surface area contributed by atoms with Crippen molar-refractivity contribution in [3.63, 3.8) is 0 Å². The molecule has 0 spiro atoms. The molecular weight excluding hydrogens is 260 g/mol. The normalized spacial score (nSPS) is 22.1. The molecule has 1 aliphatic heterocycles. The van der Waals surface area contributed by atoms with E-state index in [1.54, 1.807) is 26.2 Å². The molecule has 1 aliphatic rings. The van der Waals surface area contributed by atoms with Crippen molar-refractivity contribution in [1.82, 2.24) is 10.2 Å². The maximum Gasteiger partial charge on any atom is 0.327 e. The second-order valence-corrected chi connectivity index (χ2v) is 4.89. The summed E-state index contributed by atoms with van der Waals surface area (Å²) < 4.78 is 10.1. The van der Waals surface area contributed by atoms with Gasteiger partial charge in [0.2, 0.25) is 0 Å². The van der Waals surface area contributed by atoms with Crippen molar-refractivity contribution in [3.05, 3.63) is 29.3 Å². The first-order chi connectivity index (χ1) is 9.43. The lowest BCUT2D eigenvalue weighted by molar-refractivity contribution is -0.134. The number of imide groups is 1. The number of aryl methyl sites for hydroxylation is 1. The number of nitrogens with zero attached hydrogens (tertiary/aromatic N) is 1. The molecule has 0 bridgehead atoms. The molecule has 1 atom stereocenters. The number of methoxy groups -OCH3 is 2. The Morgan fingerprint density at radius 3 is 2.55 bits per heavy atom. The number of hydrogen-bond donors (Lipinski definition) is 1. The Bertz CT molecular complexity index is 558. The number of nitrogens with one attached hydrogen (secondary N) is 1. The van der Waals surface area contributed by atoms with E-state index in [0.29, 0.717) is 5.56 Å². The number of urea groups is 1. The lowest BCUT2D eigenvalue weighted by Crippen LogP contribution is -2.41. The summed E-state index contributed by atoms with van der Waals surface area (Å²) >= 11 is 0. The fourth-order valence-corrected chi connectivity index (χ4v) is 2.33. The molecule has 2 rings (SSSR count). The third-order valence-electron chi connectivity index (χ3n) is 3.51. The molecule has 1 unspecified atom stereocenters. The van der Waals surface area contributed by atoms with Crippen molar-refractivity contribution in [2.45, 2.75) is 19.4 Å². The maximum absolute atomic E-state index is 12.4. The van der Waals surface area contributed by atoms with Gasteiger partial charge >= 0.3 is 6.03 Å². The number of ether oxygens (including phenoxy) is 2. The smallest absolute Gasteiger partial charge is 0.327 e. The van der Waals surface area contributed by atoms with E-state index >= 15 is 0 Å². The standard InChI is InChI=1S/C14H18N2O4/c1-9-7-10(5-6-11(9)20-4)14(2)12(17)16(8-19-3)13(18)15-14/h5-7H,8H2,1-4H3,(H,15,18). The van der Waals surface area contributed by atoms with Crippen LogP contribution in [0.5, 0.6) is 5.75 Å². The molecule has 0 saturated carbocycles. The Hall–Kier alpha value is -2.08. The summed E-state index contributed by atoms with van der Waals surface area (Å²) in [5, 5.41) is 2.71. The monoisotopic (exact) mass is 278 g/mol. The van der Waals surface area contributed by atoms with Crippen molar-refractivity contribution >= 4 is 11.9 Å². The molecule has 1 aromatic rings. The van der Waals surface area contributed by atoms with Crippen molar-refractivity contribution in [3.8, 4) is 5.75 Å². The highest BCUT2D eigenvalue weighted by atomic mass is 16.5. The van der Waals surface area contributed by atoms with Crippen LogP contribution in [-0.2, 0) is 15.1 Å². The summed E-state index contributed by atoms with van der Waals surface area (Å²) in [6, 6.07) is 4.95. The van der Waals surface area contributed by atoms with Gasteiger partial charge in [0.25, 0.3) is 5.91 Å². The fraction of sp³-hybridized carbons (Fsp3) is 0.429. The molecule has 6 heteroatoms. The lowest BCUT2D eigenvalue weighted by atomic mass is 9.91. The van der Waals surface area contributed by atoms with Crippen molar-refractivity contribution in [2.24, 2.45) is 0 Å². The van der Waals surface area contributed by atoms with Crippen LogP contribution < -0.4 is 10.1 Å². The number of benzene rings is 1. The predicted molar refractivity (Wildman–Crippen MR) is 72.3 cm³/mol. The largest absolute Gasteiger partial charge is 0.496 e. The van der Waals surface area contributed by atoms with Gasteiger partial charge in [-0.05, 0) is 37.1 Å². The minimum Gasteiger partial charge on any atom is -0.496 e. The predicted octanol–water partition coefficient (Wildman–Crippen LogP) is 1.37. The fourth-order valence-electron chi connectivity index (χ4n) is 2.33. The molecule has 20 heavy (non-hydrogen) atoms. The molecule has 0 aliphatic carbocycles. The topological polar surface area (TPSA) is 67.9 Å². The van der Waals surface area contributed by atoms with Crippen LogP contribution in [0.15, 0.2) is 18.2 Å². The molecule has 1 N–H and O–H groups in total. The summed E-state index contributed by atoms with van der Waals surface area (Å²) in [6.45, 7) is 3.51. The van der Waals surface area contributed by atoms with Gasteiger partial charge in [0.15, 0.2) is 0 Å². The zero-order valence-electron chi connectivity index (χ0n) is 12.0. The van der Waals surface area contributed by atoms with E-state index in [9.17, 15) is 9.59 Å². The first kappa shape index (κ1) is 14.3. The van der Waals surface area contributed by atoms with Gasteiger partial charge in [-0.25, -0.2) is 9.69 Å². The van der Waals surface area contributed by atoms with E-state index in [4.69, 9.17) is 9.47 Å². The Kier molecular flexibility index (Phi) is 3.67. The van der Waals surface area contributed by atoms with Crippen LogP contribution in [0, 0.1) is 6.92 Å². The van der Waals surface area contributed by atoms with Gasteiger partial charge in [-0.1, -0.05) is 6.07 Å². The Labute approximate surface area is 117 Å². The minimum absolute atomic E-state index is 0.0601. The van der Waals surface area contributed by atoms with Gasteiger partial charge < -0.3 is 14.8 Å². The third kappa shape index (κ3) is 2.12. The second kappa shape index (κ2) is 5.13. The van der Waals surface area contributed by atoms with Gasteiger partial charge in [0.1, 0.15) is 18.0 Å². The van der Waals surface area contributed by atoms with Crippen molar-refractivity contribution in [1.29, 1.82) is 0 Å². The van der Waals surface area contributed by atoms with Crippen LogP contribution >= 0.6 is 0 Å². The van der Waals surface area contributed by atoms with Crippen LogP contribution in [0.2, 0.25) is 0 Å². The minimum atomic E-state index is -1.08. The summed E-state index contributed by atoms with van der Waals surface area (Å²) in [4.78, 5) is 25.3. The second-order valence-electron chi connectivity index (χ2n) is 4.89. The summed E-state index contributed by atoms with van der Waals surface area (Å²) in [7, 11) is 3.03. The number of carbonyl (C=O) groups excluding carboxylic acids is 2. The van der Waals surface area contributed by atoms with Crippen LogP contribution in [0.4, 0.5) is 4.79 Å². The van der Waals surface area contributed by atoms with Crippen LogP contribution in [0.3, 0.4) is 0 Å². The summed E-state index contributed by atoms with van der Waals surface area (Å²) in [6.07, 6.45) is 0. The highest BCUT2D eigenvalue weighted by Gasteiger charge is 2.49. The van der Waals surface area contributed by atoms with Crippen molar-refractivity contribution < 1.29 is 19.1 Å². The Morgan fingerprint density at radius 1 is 1.30 bits per heavy atom. The Balaban J connectivity index is 2.39. The van der Waals surface area contributed by atoms with E-state index in [1.165, 1.54) is 7.11 Å². The first-order valence-corrected chi connectivity index (χ1v) is 6.22. The molecule has 0 radical (unpaired) electrons. The molecule has 1 fully saturated rings. The van der Waals surface area contributed by atoms with Gasteiger partial charge in [-0.3, -0.25) is 4.79 Å². The highest BCUT2D eigenvalue weighted by Crippen LogP contribution is 2.31. The average molecular weight is 278 g/mol. The molecule has 1 heterocycles. The van der Waals surface area contributed by atoms with E-state index < -0.39 is 11.6 Å². The van der Waals surface area contributed by atoms with Gasteiger partial charge in [0, 0.05) is 7.11 Å². The number of carbonyl (C=O) groups is 2. The Morgan fingerprint density at radius 2 is 2.00 bits per heavy atom. The highest BCUT2D eigenvalue weighted by molar-refractivity contribution is 6.07. The molecule has 1 saturated heterocycles. The van der Waals surface area contributed by atoms with Crippen LogP contribution in [0.25, 0.3) is 0 Å². The molecule has 3 amide bonds. The lowest BCUT2D eigenvalue weighted by Gasteiger charge is -2.23. The van der Waals surface area contributed by atoms with Crippen LogP contribution in [0.1, 0.15) is 18.1 Å². The quantitative estimate of drug-likeness (QED) is 0.845. The van der Waals surface area contributed by atoms with E-state index in [1.807, 2.05) is 13.0 Å². The molecular formula is C14H18N2O4. The van der Waals surface area contributed by atoms with Gasteiger partial charge in [-0.2, -0.15) is 0 Å². The van der Waals surface area contributed by atoms with Crippen LogP contribution in [-0.4, -0.2) is 37.8 Å². The average Bonchev–Trinajstić information content (AvgIpc) is 2.64.